The van der Waals surface area contributed by atoms with Crippen LogP contribution in [0.25, 0.3) is 0 Å². The van der Waals surface area contributed by atoms with Gasteiger partial charge in [-0.2, -0.15) is 4.31 Å². The van der Waals surface area contributed by atoms with E-state index in [1.54, 1.807) is 0 Å². The maximum Gasteiger partial charge on any atom is 0.239 e. The molecule has 0 aromatic heterocycles. The number of carbonyl (C=O) groups is 1. The lowest BCUT2D eigenvalue weighted by Gasteiger charge is -2.22. The molecule has 1 N–H and O–H groups in total. The summed E-state index contributed by atoms with van der Waals surface area (Å²) in [7, 11) is -2.00. The molecule has 0 bridgehead atoms. The second-order valence-corrected chi connectivity index (χ2v) is 8.61. The van der Waals surface area contributed by atoms with Crippen molar-refractivity contribution in [3.05, 3.63) is 59.7 Å². The number of sulfonamides is 1. The van der Waals surface area contributed by atoms with Crippen molar-refractivity contribution in [2.45, 2.75) is 13.0 Å². The minimum atomic E-state index is -3.39. The average molecular weight is 373 g/mol. The number of amides is 1. The number of hydrogen-bond donors (Lipinski definition) is 1. The van der Waals surface area contributed by atoms with Gasteiger partial charge in [-0.1, -0.05) is 36.4 Å². The van der Waals surface area contributed by atoms with Crippen molar-refractivity contribution in [3.8, 4) is 0 Å². The van der Waals surface area contributed by atoms with E-state index in [2.05, 4.69) is 28.4 Å². The first-order valence-corrected chi connectivity index (χ1v) is 10.3. The van der Waals surface area contributed by atoms with Gasteiger partial charge in [0, 0.05) is 31.5 Å². The van der Waals surface area contributed by atoms with E-state index in [9.17, 15) is 13.2 Å². The van der Waals surface area contributed by atoms with E-state index in [1.165, 1.54) is 18.3 Å². The van der Waals surface area contributed by atoms with Crippen molar-refractivity contribution in [2.75, 3.05) is 36.6 Å². The first kappa shape index (κ1) is 18.4. The summed E-state index contributed by atoms with van der Waals surface area (Å²) in [5.41, 5.74) is 4.28. The van der Waals surface area contributed by atoms with E-state index >= 15 is 0 Å². The molecule has 2 aromatic rings. The lowest BCUT2D eigenvalue weighted by Crippen LogP contribution is -2.34. The second-order valence-electron chi connectivity index (χ2n) is 6.52. The van der Waals surface area contributed by atoms with Gasteiger partial charge in [0.05, 0.1) is 12.8 Å². The molecule has 6 nitrogen and oxygen atoms in total. The maximum absolute atomic E-state index is 12.2. The lowest BCUT2D eigenvalue weighted by molar-refractivity contribution is -0.116. The summed E-state index contributed by atoms with van der Waals surface area (Å²) in [6, 6.07) is 16.0. The summed E-state index contributed by atoms with van der Waals surface area (Å²) in [6.07, 6.45) is 2.10. The summed E-state index contributed by atoms with van der Waals surface area (Å²) < 4.78 is 24.0. The van der Waals surface area contributed by atoms with Gasteiger partial charge in [-0.25, -0.2) is 8.42 Å². The molecule has 0 aliphatic carbocycles. The fraction of sp³-hybridized carbons (Fsp3) is 0.316. The monoisotopic (exact) mass is 373 g/mol. The van der Waals surface area contributed by atoms with Crippen LogP contribution in [0.3, 0.4) is 0 Å². The van der Waals surface area contributed by atoms with E-state index in [1.807, 2.05) is 30.3 Å². The van der Waals surface area contributed by atoms with Crippen molar-refractivity contribution in [3.63, 3.8) is 0 Å². The second kappa shape index (κ2) is 7.47. The zero-order valence-corrected chi connectivity index (χ0v) is 15.8. The van der Waals surface area contributed by atoms with Gasteiger partial charge in [-0.3, -0.25) is 4.79 Å². The largest absolute Gasteiger partial charge is 0.367 e. The average Bonchev–Trinajstić information content (AvgIpc) is 2.99. The fourth-order valence-corrected chi connectivity index (χ4v) is 3.42. The molecule has 0 unspecified atom stereocenters. The number of hydrogen-bond acceptors (Lipinski definition) is 4. The highest BCUT2D eigenvalue weighted by Gasteiger charge is 2.20. The number of anilines is 2. The van der Waals surface area contributed by atoms with Gasteiger partial charge in [0.1, 0.15) is 0 Å². The Balaban J connectivity index is 1.72. The highest BCUT2D eigenvalue weighted by Crippen LogP contribution is 2.30. The van der Waals surface area contributed by atoms with Crippen LogP contribution in [0.4, 0.5) is 11.4 Å². The minimum absolute atomic E-state index is 0.209. The molecule has 138 valence electrons. The number of para-hydroxylation sites is 2. The van der Waals surface area contributed by atoms with E-state index in [4.69, 9.17) is 0 Å². The Labute approximate surface area is 154 Å². The summed E-state index contributed by atoms with van der Waals surface area (Å²) in [4.78, 5) is 14.5. The molecule has 0 atom stereocenters. The highest BCUT2D eigenvalue weighted by molar-refractivity contribution is 7.88. The van der Waals surface area contributed by atoms with Crippen molar-refractivity contribution in [1.29, 1.82) is 0 Å². The maximum atomic E-state index is 12.2. The number of rotatable bonds is 6. The van der Waals surface area contributed by atoms with Crippen molar-refractivity contribution in [1.82, 2.24) is 4.31 Å². The Morgan fingerprint density at radius 2 is 1.85 bits per heavy atom. The van der Waals surface area contributed by atoms with Gasteiger partial charge in [0.25, 0.3) is 0 Å². The number of likely N-dealkylation sites (N-methyl/N-ethyl adjacent to an activating group) is 1. The smallest absolute Gasteiger partial charge is 0.239 e. The van der Waals surface area contributed by atoms with E-state index < -0.39 is 10.0 Å². The van der Waals surface area contributed by atoms with Crippen molar-refractivity contribution < 1.29 is 13.2 Å². The molecule has 2 aromatic carbocycles. The zero-order valence-electron chi connectivity index (χ0n) is 15.0. The van der Waals surface area contributed by atoms with Gasteiger partial charge in [-0.05, 0) is 29.7 Å². The molecule has 26 heavy (non-hydrogen) atoms. The van der Waals surface area contributed by atoms with Gasteiger partial charge in [-0.15, -0.1) is 0 Å². The number of nitrogens with zero attached hydrogens (tertiary/aromatic N) is 2. The predicted octanol–water partition coefficient (Wildman–Crippen LogP) is 2.08. The van der Waals surface area contributed by atoms with Gasteiger partial charge < -0.3 is 10.2 Å². The molecule has 0 saturated heterocycles. The summed E-state index contributed by atoms with van der Waals surface area (Å²) in [6.45, 7) is 1.42. The molecule has 1 aliphatic heterocycles. The third-order valence-electron chi connectivity index (χ3n) is 4.57. The topological polar surface area (TPSA) is 69.7 Å². The number of nitrogens with one attached hydrogen (secondary N) is 1. The van der Waals surface area contributed by atoms with Gasteiger partial charge in [0.15, 0.2) is 0 Å². The predicted molar refractivity (Wildman–Crippen MR) is 104 cm³/mol. The van der Waals surface area contributed by atoms with Crippen LogP contribution in [-0.4, -0.2) is 45.0 Å². The molecule has 0 fully saturated rings. The van der Waals surface area contributed by atoms with Crippen molar-refractivity contribution in [2.24, 2.45) is 0 Å². The number of fused-ring (bicyclic) bond motifs is 1. The molecule has 3 rings (SSSR count). The van der Waals surface area contributed by atoms with Crippen LogP contribution in [0.15, 0.2) is 48.5 Å². The van der Waals surface area contributed by atoms with Crippen molar-refractivity contribution >= 4 is 27.3 Å². The third-order valence-corrected chi connectivity index (χ3v) is 5.83. The first-order valence-electron chi connectivity index (χ1n) is 8.46. The number of carbonyl (C=O) groups excluding carboxylic acids is 1. The van der Waals surface area contributed by atoms with Crippen LogP contribution in [-0.2, 0) is 27.8 Å². The summed E-state index contributed by atoms with van der Waals surface area (Å²) in [5, 5.41) is 2.84. The van der Waals surface area contributed by atoms with Crippen LogP contribution < -0.4 is 10.2 Å². The highest BCUT2D eigenvalue weighted by atomic mass is 32.2. The molecule has 0 spiro atoms. The third kappa shape index (κ3) is 4.23. The van der Waals surface area contributed by atoms with Crippen LogP contribution in [0, 0.1) is 0 Å². The molecule has 0 radical (unpaired) electrons. The van der Waals surface area contributed by atoms with E-state index in [0.717, 1.165) is 29.1 Å². The Bertz CT molecular complexity index is 912. The Morgan fingerprint density at radius 1 is 1.15 bits per heavy atom. The quantitative estimate of drug-likeness (QED) is 0.842. The van der Waals surface area contributed by atoms with Crippen LogP contribution in [0.1, 0.15) is 11.1 Å². The summed E-state index contributed by atoms with van der Waals surface area (Å²) >= 11 is 0. The van der Waals surface area contributed by atoms with Crippen LogP contribution in [0.2, 0.25) is 0 Å². The molecule has 0 saturated carbocycles. The minimum Gasteiger partial charge on any atom is -0.367 e. The Morgan fingerprint density at radius 3 is 2.62 bits per heavy atom. The molecule has 1 amide bonds. The van der Waals surface area contributed by atoms with Crippen LogP contribution in [0.5, 0.6) is 0 Å². The van der Waals surface area contributed by atoms with Gasteiger partial charge >= 0.3 is 0 Å². The molecule has 1 heterocycles. The molecule has 7 heteroatoms. The molecule has 1 aliphatic rings. The first-order chi connectivity index (χ1) is 12.3. The van der Waals surface area contributed by atoms with Gasteiger partial charge in [0.2, 0.25) is 15.9 Å². The Kier molecular flexibility index (Phi) is 5.29. The molecular formula is C19H23N3O3S. The normalized spacial score (nSPS) is 13.7. The van der Waals surface area contributed by atoms with E-state index in [-0.39, 0.29) is 12.5 Å². The van der Waals surface area contributed by atoms with E-state index in [0.29, 0.717) is 12.2 Å². The Hall–Kier alpha value is -2.38. The standard InChI is InChI=1S/C19H23N3O3S/c1-21(26(2,24)25)14-19(23)20-17-9-5-3-8-16(17)13-22-12-11-15-7-4-6-10-18(15)22/h3-10H,11-14H2,1-2H3,(H,20,23). The fourth-order valence-electron chi connectivity index (χ4n) is 3.07. The molecular weight excluding hydrogens is 350 g/mol. The van der Waals surface area contributed by atoms with Crippen LogP contribution >= 0.6 is 0 Å². The SMILES string of the molecule is CN(CC(=O)Nc1ccccc1CN1CCc2ccccc21)S(C)(=O)=O. The lowest BCUT2D eigenvalue weighted by atomic mass is 10.1. The summed E-state index contributed by atoms with van der Waals surface area (Å²) in [5.74, 6) is -0.354. The number of benzene rings is 2. The zero-order chi connectivity index (χ0) is 18.7.